The second-order valence-electron chi connectivity index (χ2n) is 3.31. The lowest BCUT2D eigenvalue weighted by Gasteiger charge is -2.10. The Balaban J connectivity index is 2.04. The quantitative estimate of drug-likeness (QED) is 0.809. The molecule has 18 heavy (non-hydrogen) atoms. The van der Waals surface area contributed by atoms with Crippen molar-refractivity contribution in [1.29, 1.82) is 0 Å². The van der Waals surface area contributed by atoms with Gasteiger partial charge in [0.1, 0.15) is 0 Å². The summed E-state index contributed by atoms with van der Waals surface area (Å²) < 4.78 is 25.2. The molecule has 0 spiro atoms. The van der Waals surface area contributed by atoms with E-state index in [1.54, 1.807) is 30.5 Å². The van der Waals surface area contributed by atoms with Crippen molar-refractivity contribution in [3.05, 3.63) is 39.8 Å². The van der Waals surface area contributed by atoms with Crippen LogP contribution in [0.1, 0.15) is 4.88 Å². The van der Waals surface area contributed by atoms with Crippen LogP contribution < -0.4 is 5.32 Å². The molecule has 2 aromatic rings. The molecule has 0 saturated heterocycles. The molecule has 0 bridgehead atoms. The Bertz CT molecular complexity index is 519. The van der Waals surface area contributed by atoms with Gasteiger partial charge in [0.15, 0.2) is 4.47 Å². The number of halogens is 3. The zero-order chi connectivity index (χ0) is 13.0. The van der Waals surface area contributed by atoms with Crippen molar-refractivity contribution in [2.75, 3.05) is 5.32 Å². The Hall–Kier alpha value is -0.850. The third-order valence-corrected chi connectivity index (χ3v) is 3.98. The van der Waals surface area contributed by atoms with Gasteiger partial charge < -0.3 is 5.32 Å². The van der Waals surface area contributed by atoms with E-state index in [4.69, 9.17) is 11.6 Å². The zero-order valence-corrected chi connectivity index (χ0v) is 11.5. The number of benzene rings is 1. The van der Waals surface area contributed by atoms with E-state index in [9.17, 15) is 8.78 Å². The van der Waals surface area contributed by atoms with Gasteiger partial charge in [-0.1, -0.05) is 35.5 Å². The summed E-state index contributed by atoms with van der Waals surface area (Å²) >= 11 is 7.61. The standard InChI is InChI=1S/C11H9ClF2N2S2/c12-10-16-6-7(17-10)5-15-8-3-1-2-4-9(8)18-11(13)14/h1-4,6,11,15H,5H2. The predicted molar refractivity (Wildman–Crippen MR) is 72.8 cm³/mol. The highest BCUT2D eigenvalue weighted by molar-refractivity contribution is 7.99. The third-order valence-electron chi connectivity index (χ3n) is 2.08. The van der Waals surface area contributed by atoms with Crippen LogP contribution in [-0.2, 0) is 6.54 Å². The van der Waals surface area contributed by atoms with Crippen LogP contribution in [0.15, 0.2) is 35.4 Å². The van der Waals surface area contributed by atoms with E-state index in [-0.39, 0.29) is 0 Å². The van der Waals surface area contributed by atoms with Gasteiger partial charge in [0, 0.05) is 21.7 Å². The summed E-state index contributed by atoms with van der Waals surface area (Å²) in [6.07, 6.45) is 1.67. The molecule has 2 rings (SSSR count). The number of rotatable bonds is 5. The van der Waals surface area contributed by atoms with Crippen LogP contribution in [0.2, 0.25) is 4.47 Å². The number of para-hydroxylation sites is 1. The lowest BCUT2D eigenvalue weighted by molar-refractivity contribution is 0.252. The van der Waals surface area contributed by atoms with Gasteiger partial charge in [-0.2, -0.15) is 8.78 Å². The number of anilines is 1. The average Bonchev–Trinajstić information content (AvgIpc) is 2.73. The second-order valence-corrected chi connectivity index (χ2v) is 6.04. The van der Waals surface area contributed by atoms with Crippen LogP contribution >= 0.6 is 34.7 Å². The molecule has 0 fully saturated rings. The predicted octanol–water partition coefficient (Wildman–Crippen LogP) is 4.72. The van der Waals surface area contributed by atoms with Crippen LogP contribution in [0.4, 0.5) is 14.5 Å². The summed E-state index contributed by atoms with van der Waals surface area (Å²) in [7, 11) is 0. The topological polar surface area (TPSA) is 24.9 Å². The Labute approximate surface area is 116 Å². The molecular formula is C11H9ClF2N2S2. The van der Waals surface area contributed by atoms with E-state index < -0.39 is 5.76 Å². The van der Waals surface area contributed by atoms with Crippen molar-refractivity contribution in [3.8, 4) is 0 Å². The molecule has 1 aromatic carbocycles. The lowest BCUT2D eigenvalue weighted by Crippen LogP contribution is -1.99. The number of thiazole rings is 1. The summed E-state index contributed by atoms with van der Waals surface area (Å²) in [5.74, 6) is -2.43. The molecule has 7 heteroatoms. The van der Waals surface area contributed by atoms with Gasteiger partial charge in [-0.05, 0) is 12.1 Å². The molecular weight excluding hydrogens is 298 g/mol. The SMILES string of the molecule is FC(F)Sc1ccccc1NCc1cnc(Cl)s1. The van der Waals surface area contributed by atoms with Gasteiger partial charge in [0.2, 0.25) is 0 Å². The number of nitrogens with one attached hydrogen (secondary N) is 1. The van der Waals surface area contributed by atoms with Gasteiger partial charge in [-0.25, -0.2) is 4.98 Å². The van der Waals surface area contributed by atoms with E-state index in [0.717, 1.165) is 4.88 Å². The van der Waals surface area contributed by atoms with E-state index in [1.807, 2.05) is 0 Å². The molecule has 96 valence electrons. The minimum absolute atomic E-state index is 0.474. The molecule has 0 unspecified atom stereocenters. The molecule has 0 saturated carbocycles. The average molecular weight is 307 g/mol. The fourth-order valence-corrected chi connectivity index (χ4v) is 2.89. The highest BCUT2D eigenvalue weighted by Gasteiger charge is 2.09. The maximum atomic E-state index is 12.4. The molecule has 0 aliphatic rings. The first-order valence-electron chi connectivity index (χ1n) is 5.03. The number of hydrogen-bond acceptors (Lipinski definition) is 4. The summed E-state index contributed by atoms with van der Waals surface area (Å²) in [4.78, 5) is 5.40. The van der Waals surface area contributed by atoms with E-state index in [1.165, 1.54) is 11.3 Å². The Kier molecular flexibility index (Phi) is 4.79. The number of nitrogens with zero attached hydrogens (tertiary/aromatic N) is 1. The fraction of sp³-hybridized carbons (Fsp3) is 0.182. The van der Waals surface area contributed by atoms with E-state index in [2.05, 4.69) is 10.3 Å². The van der Waals surface area contributed by atoms with Crippen LogP contribution in [0, 0.1) is 0 Å². The summed E-state index contributed by atoms with van der Waals surface area (Å²) in [6, 6.07) is 6.98. The smallest absolute Gasteiger partial charge is 0.288 e. The molecule has 0 aliphatic carbocycles. The molecule has 0 atom stereocenters. The Morgan fingerprint density at radius 1 is 1.39 bits per heavy atom. The maximum absolute atomic E-state index is 12.4. The van der Waals surface area contributed by atoms with Crippen LogP contribution in [-0.4, -0.2) is 10.7 Å². The number of thioether (sulfide) groups is 1. The minimum Gasteiger partial charge on any atom is -0.379 e. The number of hydrogen-bond donors (Lipinski definition) is 1. The fourth-order valence-electron chi connectivity index (χ4n) is 1.36. The van der Waals surface area contributed by atoms with Crippen molar-refractivity contribution in [1.82, 2.24) is 4.98 Å². The summed E-state index contributed by atoms with van der Waals surface area (Å²) in [6.45, 7) is 0.519. The molecule has 1 heterocycles. The first-order valence-corrected chi connectivity index (χ1v) is 7.10. The molecule has 0 aliphatic heterocycles. The van der Waals surface area contributed by atoms with Crippen molar-refractivity contribution < 1.29 is 8.78 Å². The zero-order valence-electron chi connectivity index (χ0n) is 9.07. The van der Waals surface area contributed by atoms with Gasteiger partial charge >= 0.3 is 0 Å². The first-order chi connectivity index (χ1) is 8.65. The molecule has 1 N–H and O–H groups in total. The number of alkyl halides is 2. The molecule has 2 nitrogen and oxygen atoms in total. The summed E-state index contributed by atoms with van der Waals surface area (Å²) in [5.41, 5.74) is 0.687. The van der Waals surface area contributed by atoms with Crippen molar-refractivity contribution in [2.24, 2.45) is 0 Å². The summed E-state index contributed by atoms with van der Waals surface area (Å²) in [5, 5.41) is 3.11. The normalized spacial score (nSPS) is 10.9. The minimum atomic E-state index is -2.43. The maximum Gasteiger partial charge on any atom is 0.288 e. The van der Waals surface area contributed by atoms with Crippen molar-refractivity contribution in [3.63, 3.8) is 0 Å². The van der Waals surface area contributed by atoms with Gasteiger partial charge in [-0.3, -0.25) is 0 Å². The first kappa shape index (κ1) is 13.6. The second kappa shape index (κ2) is 6.36. The Morgan fingerprint density at radius 2 is 2.17 bits per heavy atom. The van der Waals surface area contributed by atoms with E-state index in [0.29, 0.717) is 33.4 Å². The molecule has 0 radical (unpaired) electrons. The third kappa shape index (κ3) is 3.83. The Morgan fingerprint density at radius 3 is 2.83 bits per heavy atom. The molecule has 1 aromatic heterocycles. The number of aromatic nitrogens is 1. The van der Waals surface area contributed by atoms with Gasteiger partial charge in [-0.15, -0.1) is 11.3 Å². The highest BCUT2D eigenvalue weighted by atomic mass is 35.5. The monoisotopic (exact) mass is 306 g/mol. The highest BCUT2D eigenvalue weighted by Crippen LogP contribution is 2.32. The lowest BCUT2D eigenvalue weighted by atomic mass is 10.3. The van der Waals surface area contributed by atoms with Crippen LogP contribution in [0.3, 0.4) is 0 Å². The van der Waals surface area contributed by atoms with Crippen LogP contribution in [0.25, 0.3) is 0 Å². The van der Waals surface area contributed by atoms with Gasteiger partial charge in [0.25, 0.3) is 5.76 Å². The van der Waals surface area contributed by atoms with Crippen molar-refractivity contribution in [2.45, 2.75) is 17.2 Å². The largest absolute Gasteiger partial charge is 0.379 e. The van der Waals surface area contributed by atoms with Crippen molar-refractivity contribution >= 4 is 40.4 Å². The van der Waals surface area contributed by atoms with Gasteiger partial charge in [0.05, 0.1) is 6.54 Å². The van der Waals surface area contributed by atoms with Crippen LogP contribution in [0.5, 0.6) is 0 Å². The van der Waals surface area contributed by atoms with E-state index >= 15 is 0 Å². The molecule has 0 amide bonds.